The predicted octanol–water partition coefficient (Wildman–Crippen LogP) is 2.72. The average Bonchev–Trinajstić information content (AvgIpc) is 3.12. The summed E-state index contributed by atoms with van der Waals surface area (Å²) in [5.74, 6) is -0.924. The first kappa shape index (κ1) is 15.0. The number of carbonyl (C=O) groups is 2. The van der Waals surface area contributed by atoms with Crippen molar-refractivity contribution in [1.82, 2.24) is 5.32 Å². The standard InChI is InChI=1S/C14H25NO3/c1-3-4-5-6-7-8-12(16)15-14(2,13(17)18)11-9-10-11/h11H,3-10H2,1-2H3,(H,15,16)(H,17,18). The fourth-order valence-corrected chi connectivity index (χ4v) is 2.23. The molecule has 18 heavy (non-hydrogen) atoms. The van der Waals surface area contributed by atoms with Crippen LogP contribution in [0, 0.1) is 5.92 Å². The van der Waals surface area contributed by atoms with Gasteiger partial charge in [-0.1, -0.05) is 32.6 Å². The zero-order valence-corrected chi connectivity index (χ0v) is 11.5. The van der Waals surface area contributed by atoms with Crippen molar-refractivity contribution in [2.75, 3.05) is 0 Å². The lowest BCUT2D eigenvalue weighted by molar-refractivity contribution is -0.147. The molecule has 1 rings (SSSR count). The molecule has 1 saturated carbocycles. The number of aliphatic carboxylic acids is 1. The van der Waals surface area contributed by atoms with E-state index >= 15 is 0 Å². The van der Waals surface area contributed by atoms with Gasteiger partial charge in [0.2, 0.25) is 5.91 Å². The number of rotatable bonds is 9. The van der Waals surface area contributed by atoms with E-state index in [1.807, 2.05) is 0 Å². The maximum absolute atomic E-state index is 11.8. The van der Waals surface area contributed by atoms with Crippen LogP contribution in [-0.2, 0) is 9.59 Å². The van der Waals surface area contributed by atoms with E-state index in [0.29, 0.717) is 6.42 Å². The smallest absolute Gasteiger partial charge is 0.329 e. The summed E-state index contributed by atoms with van der Waals surface area (Å²) in [6, 6.07) is 0. The molecule has 4 heteroatoms. The first-order valence-electron chi connectivity index (χ1n) is 7.05. The van der Waals surface area contributed by atoms with E-state index in [0.717, 1.165) is 32.1 Å². The van der Waals surface area contributed by atoms with Crippen LogP contribution in [0.4, 0.5) is 0 Å². The van der Waals surface area contributed by atoms with Gasteiger partial charge in [0, 0.05) is 6.42 Å². The van der Waals surface area contributed by atoms with Crippen molar-refractivity contribution in [2.45, 2.75) is 70.8 Å². The summed E-state index contributed by atoms with van der Waals surface area (Å²) in [6.07, 6.45) is 7.70. The molecule has 1 fully saturated rings. The molecule has 1 aliphatic carbocycles. The van der Waals surface area contributed by atoms with Gasteiger partial charge >= 0.3 is 5.97 Å². The van der Waals surface area contributed by atoms with Crippen molar-refractivity contribution in [1.29, 1.82) is 0 Å². The van der Waals surface area contributed by atoms with Crippen molar-refractivity contribution < 1.29 is 14.7 Å². The van der Waals surface area contributed by atoms with Crippen LogP contribution in [0.3, 0.4) is 0 Å². The van der Waals surface area contributed by atoms with Crippen LogP contribution < -0.4 is 5.32 Å². The molecule has 1 aliphatic rings. The van der Waals surface area contributed by atoms with Crippen LogP contribution in [0.25, 0.3) is 0 Å². The molecule has 0 radical (unpaired) electrons. The fraction of sp³-hybridized carbons (Fsp3) is 0.857. The third kappa shape index (κ3) is 4.31. The number of hydrogen-bond acceptors (Lipinski definition) is 2. The van der Waals surface area contributed by atoms with Crippen LogP contribution in [0.1, 0.15) is 65.2 Å². The SMILES string of the molecule is CCCCCCCC(=O)NC(C)(C(=O)O)C1CC1. The second-order valence-corrected chi connectivity index (χ2v) is 5.49. The Balaban J connectivity index is 2.27. The maximum atomic E-state index is 11.8. The van der Waals surface area contributed by atoms with E-state index in [-0.39, 0.29) is 11.8 Å². The Bertz CT molecular complexity index is 299. The predicted molar refractivity (Wildman–Crippen MR) is 70.3 cm³/mol. The summed E-state index contributed by atoms with van der Waals surface area (Å²) in [5, 5.41) is 11.9. The molecule has 2 N–H and O–H groups in total. The Hall–Kier alpha value is -1.06. The lowest BCUT2D eigenvalue weighted by Crippen LogP contribution is -2.53. The van der Waals surface area contributed by atoms with E-state index in [4.69, 9.17) is 0 Å². The summed E-state index contributed by atoms with van der Waals surface area (Å²) in [6.45, 7) is 3.78. The van der Waals surface area contributed by atoms with Gasteiger partial charge in [-0.05, 0) is 32.1 Å². The summed E-state index contributed by atoms with van der Waals surface area (Å²) >= 11 is 0. The molecule has 0 saturated heterocycles. The van der Waals surface area contributed by atoms with Gasteiger partial charge in [0.05, 0.1) is 0 Å². The number of nitrogens with one attached hydrogen (secondary N) is 1. The van der Waals surface area contributed by atoms with Gasteiger partial charge in [0.15, 0.2) is 0 Å². The molecule has 0 aromatic rings. The van der Waals surface area contributed by atoms with Gasteiger partial charge < -0.3 is 10.4 Å². The van der Waals surface area contributed by atoms with Crippen LogP contribution in [0.5, 0.6) is 0 Å². The van der Waals surface area contributed by atoms with Crippen molar-refractivity contribution in [3.05, 3.63) is 0 Å². The number of carbonyl (C=O) groups excluding carboxylic acids is 1. The highest BCUT2D eigenvalue weighted by molar-refractivity contribution is 5.87. The van der Waals surface area contributed by atoms with Crippen molar-refractivity contribution in [2.24, 2.45) is 5.92 Å². The summed E-state index contributed by atoms with van der Waals surface area (Å²) in [5.41, 5.74) is -1.06. The summed E-state index contributed by atoms with van der Waals surface area (Å²) in [4.78, 5) is 23.0. The van der Waals surface area contributed by atoms with Gasteiger partial charge in [-0.2, -0.15) is 0 Å². The quantitative estimate of drug-likeness (QED) is 0.622. The number of hydrogen-bond donors (Lipinski definition) is 2. The van der Waals surface area contributed by atoms with Crippen LogP contribution in [-0.4, -0.2) is 22.5 Å². The number of carboxylic acids is 1. The Labute approximate surface area is 109 Å². The lowest BCUT2D eigenvalue weighted by atomic mass is 9.95. The van der Waals surface area contributed by atoms with Crippen LogP contribution in [0.15, 0.2) is 0 Å². The van der Waals surface area contributed by atoms with Crippen LogP contribution in [0.2, 0.25) is 0 Å². The van der Waals surface area contributed by atoms with E-state index in [9.17, 15) is 14.7 Å². The summed E-state index contributed by atoms with van der Waals surface area (Å²) < 4.78 is 0. The molecule has 0 aromatic carbocycles. The third-order valence-electron chi connectivity index (χ3n) is 3.74. The Morgan fingerprint density at radius 3 is 2.33 bits per heavy atom. The van der Waals surface area contributed by atoms with Crippen molar-refractivity contribution in [3.8, 4) is 0 Å². The highest BCUT2D eigenvalue weighted by atomic mass is 16.4. The highest BCUT2D eigenvalue weighted by Gasteiger charge is 2.48. The molecule has 0 bridgehead atoms. The average molecular weight is 255 g/mol. The second kappa shape index (κ2) is 6.76. The van der Waals surface area contributed by atoms with Gasteiger partial charge in [-0.3, -0.25) is 4.79 Å². The molecule has 4 nitrogen and oxygen atoms in total. The Morgan fingerprint density at radius 2 is 1.83 bits per heavy atom. The largest absolute Gasteiger partial charge is 0.480 e. The molecule has 0 aromatic heterocycles. The van der Waals surface area contributed by atoms with Gasteiger partial charge in [0.1, 0.15) is 5.54 Å². The summed E-state index contributed by atoms with van der Waals surface area (Å²) in [7, 11) is 0. The Morgan fingerprint density at radius 1 is 1.22 bits per heavy atom. The molecular weight excluding hydrogens is 230 g/mol. The number of carboxylic acid groups (broad SMARTS) is 1. The fourth-order valence-electron chi connectivity index (χ4n) is 2.23. The van der Waals surface area contributed by atoms with Crippen molar-refractivity contribution >= 4 is 11.9 Å². The Kier molecular flexibility index (Phi) is 5.63. The number of amides is 1. The topological polar surface area (TPSA) is 66.4 Å². The van der Waals surface area contributed by atoms with Crippen molar-refractivity contribution in [3.63, 3.8) is 0 Å². The zero-order valence-electron chi connectivity index (χ0n) is 11.5. The molecular formula is C14H25NO3. The van der Waals surface area contributed by atoms with E-state index < -0.39 is 11.5 Å². The first-order valence-corrected chi connectivity index (χ1v) is 7.05. The zero-order chi connectivity index (χ0) is 13.6. The normalized spacial score (nSPS) is 18.1. The van der Waals surface area contributed by atoms with E-state index in [1.165, 1.54) is 12.8 Å². The minimum atomic E-state index is -1.06. The second-order valence-electron chi connectivity index (χ2n) is 5.49. The number of unbranched alkanes of at least 4 members (excludes halogenated alkanes) is 4. The molecule has 1 amide bonds. The molecule has 0 aliphatic heterocycles. The highest BCUT2D eigenvalue weighted by Crippen LogP contribution is 2.39. The molecule has 1 unspecified atom stereocenters. The molecule has 0 heterocycles. The maximum Gasteiger partial charge on any atom is 0.329 e. The van der Waals surface area contributed by atoms with E-state index in [1.54, 1.807) is 6.92 Å². The third-order valence-corrected chi connectivity index (χ3v) is 3.74. The van der Waals surface area contributed by atoms with E-state index in [2.05, 4.69) is 12.2 Å². The molecule has 104 valence electrons. The van der Waals surface area contributed by atoms with Gasteiger partial charge in [-0.25, -0.2) is 4.79 Å². The lowest BCUT2D eigenvalue weighted by Gasteiger charge is -2.26. The monoisotopic (exact) mass is 255 g/mol. The minimum Gasteiger partial charge on any atom is -0.480 e. The first-order chi connectivity index (χ1) is 8.50. The van der Waals surface area contributed by atoms with Gasteiger partial charge in [-0.15, -0.1) is 0 Å². The molecule has 0 spiro atoms. The molecule has 1 atom stereocenters. The van der Waals surface area contributed by atoms with Crippen LogP contribution >= 0.6 is 0 Å². The minimum absolute atomic E-state index is 0.110. The van der Waals surface area contributed by atoms with Gasteiger partial charge in [0.25, 0.3) is 0 Å².